The predicted molar refractivity (Wildman–Crippen MR) is 351 cm³/mol. The fourth-order valence-corrected chi connectivity index (χ4v) is 15.7. The Kier molecular flexibility index (Phi) is 15.7. The van der Waals surface area contributed by atoms with Crippen molar-refractivity contribution >= 4 is 55.7 Å². The van der Waals surface area contributed by atoms with Crippen LogP contribution >= 0.6 is 0 Å². The number of hydrogen-bond acceptors (Lipinski definition) is 2. The summed E-state index contributed by atoms with van der Waals surface area (Å²) >= 11 is 0. The molecule has 4 fully saturated rings. The fraction of sp³-hybridized carbons (Fsp3) is 0.375. The molecule has 0 heterocycles. The summed E-state index contributed by atoms with van der Waals surface area (Å²) in [6, 6.07) is 76.9. The number of hydrogen-bond donors (Lipinski definition) is 0. The molecule has 4 aliphatic carbocycles. The smallest absolute Gasteiger partial charge is 0.0620 e. The van der Waals surface area contributed by atoms with Crippen molar-refractivity contribution in [1.82, 2.24) is 0 Å². The van der Waals surface area contributed by atoms with E-state index in [4.69, 9.17) is 0 Å². The summed E-state index contributed by atoms with van der Waals surface area (Å²) in [5.74, 6) is 2.36. The SMILES string of the molecule is CC(C)(c1ccccc1)c1ccc(N(c2ccc(C3CCCCC3)cc2)c2c3ccc(C4CCCCC4)cc3c(N(c3ccc(C4CCCCC4)cc3)c3ccc(C(C)(C)c4ccccc4)cc3)c3ccc(C4CCCCC4)cc23)cc1. The number of nitrogens with zero attached hydrogens (tertiary/aromatic N) is 2. The van der Waals surface area contributed by atoms with Gasteiger partial charge in [-0.3, -0.25) is 0 Å². The molecule has 0 bridgehead atoms. The molecule has 0 radical (unpaired) electrons. The molecule has 0 unspecified atom stereocenters. The first-order valence-corrected chi connectivity index (χ1v) is 32.3. The van der Waals surface area contributed by atoms with Gasteiger partial charge >= 0.3 is 0 Å². The van der Waals surface area contributed by atoms with E-state index in [1.165, 1.54) is 229 Å². The summed E-state index contributed by atoms with van der Waals surface area (Å²) in [7, 11) is 0. The first-order valence-electron chi connectivity index (χ1n) is 32.3. The highest BCUT2D eigenvalue weighted by Gasteiger charge is 2.31. The van der Waals surface area contributed by atoms with Crippen LogP contribution in [0.1, 0.15) is 224 Å². The Bertz CT molecular complexity index is 3330. The second-order valence-electron chi connectivity index (χ2n) is 26.6. The highest BCUT2D eigenvalue weighted by atomic mass is 15.2. The Hall–Kier alpha value is -6.90. The Morgan fingerprint density at radius 3 is 0.817 bits per heavy atom. The lowest BCUT2D eigenvalue weighted by atomic mass is 9.78. The summed E-state index contributed by atoms with van der Waals surface area (Å²) in [6.07, 6.45) is 26.1. The zero-order valence-corrected chi connectivity index (χ0v) is 49.8. The van der Waals surface area contributed by atoms with Crippen LogP contribution in [0.15, 0.2) is 194 Å². The van der Waals surface area contributed by atoms with Crippen LogP contribution in [0.25, 0.3) is 21.5 Å². The standard InChI is InChI=1S/C80H88N2/c1-79(2,65-31-19-9-20-32-65)67-41-49-71(50-42-67)81(69-45-35-61(36-46-69)57-23-11-5-12-24-57)77-73-53-39-64(60-29-17-8-18-30-60)56-76(73)78(74-54-40-63(55-75(74)77)59-27-15-7-16-28-59)82(70-47-37-62(38-48-70)58-25-13-6-14-26-58)72-51-43-68(44-52-72)80(3,4)66-33-21-10-22-34-66/h9-10,19-22,31-60H,5-8,11-18,23-30H2,1-4H3. The largest absolute Gasteiger partial charge is 0.309 e. The van der Waals surface area contributed by atoms with Crippen LogP contribution in [-0.2, 0) is 10.8 Å². The Balaban J connectivity index is 1.08. The van der Waals surface area contributed by atoms with Crippen LogP contribution in [0.3, 0.4) is 0 Å². The van der Waals surface area contributed by atoms with E-state index in [1.54, 1.807) is 0 Å². The second kappa shape index (κ2) is 23.8. The molecule has 82 heavy (non-hydrogen) atoms. The van der Waals surface area contributed by atoms with Crippen LogP contribution in [-0.4, -0.2) is 0 Å². The molecule has 4 aliphatic rings. The zero-order chi connectivity index (χ0) is 55.6. The van der Waals surface area contributed by atoms with Gasteiger partial charge in [0.2, 0.25) is 0 Å². The van der Waals surface area contributed by atoms with Gasteiger partial charge in [0.05, 0.1) is 11.4 Å². The Labute approximate surface area is 492 Å². The van der Waals surface area contributed by atoms with Crippen molar-refractivity contribution in [3.8, 4) is 0 Å². The molecule has 418 valence electrons. The number of fused-ring (bicyclic) bond motifs is 2. The first kappa shape index (κ1) is 54.4. The molecule has 0 spiro atoms. The lowest BCUT2D eigenvalue weighted by molar-refractivity contribution is 0.443. The molecule has 4 saturated carbocycles. The lowest BCUT2D eigenvalue weighted by Crippen LogP contribution is -2.19. The average Bonchev–Trinajstić information content (AvgIpc) is 3.03. The van der Waals surface area contributed by atoms with Gasteiger partial charge in [0.1, 0.15) is 0 Å². The topological polar surface area (TPSA) is 6.48 Å². The van der Waals surface area contributed by atoms with E-state index in [-0.39, 0.29) is 10.8 Å². The monoisotopic (exact) mass is 1080 g/mol. The highest BCUT2D eigenvalue weighted by Crippen LogP contribution is 2.54. The predicted octanol–water partition coefficient (Wildman–Crippen LogP) is 23.8. The molecule has 9 aromatic rings. The Morgan fingerprint density at radius 2 is 0.512 bits per heavy atom. The van der Waals surface area contributed by atoms with Gasteiger partial charge in [-0.1, -0.05) is 238 Å². The van der Waals surface area contributed by atoms with Gasteiger partial charge in [-0.2, -0.15) is 0 Å². The molecule has 2 nitrogen and oxygen atoms in total. The second-order valence-corrected chi connectivity index (χ2v) is 26.6. The molecule has 0 aromatic heterocycles. The third-order valence-corrected chi connectivity index (χ3v) is 20.8. The molecular formula is C80H88N2. The molecule has 0 aliphatic heterocycles. The molecule has 0 atom stereocenters. The third-order valence-electron chi connectivity index (χ3n) is 20.8. The van der Waals surface area contributed by atoms with Gasteiger partial charge in [-0.05, 0) is 180 Å². The summed E-state index contributed by atoms with van der Waals surface area (Å²) in [4.78, 5) is 5.35. The van der Waals surface area contributed by atoms with E-state index < -0.39 is 0 Å². The maximum Gasteiger partial charge on any atom is 0.0620 e. The molecule has 0 N–H and O–H groups in total. The molecule has 0 amide bonds. The fourth-order valence-electron chi connectivity index (χ4n) is 15.7. The van der Waals surface area contributed by atoms with Crippen molar-refractivity contribution in [2.24, 2.45) is 0 Å². The van der Waals surface area contributed by atoms with Gasteiger partial charge in [0.25, 0.3) is 0 Å². The van der Waals surface area contributed by atoms with Gasteiger partial charge in [-0.25, -0.2) is 0 Å². The minimum atomic E-state index is -0.161. The van der Waals surface area contributed by atoms with E-state index in [2.05, 4.69) is 232 Å². The van der Waals surface area contributed by atoms with Crippen molar-refractivity contribution in [3.05, 3.63) is 239 Å². The first-order chi connectivity index (χ1) is 40.2. The van der Waals surface area contributed by atoms with E-state index in [1.807, 2.05) is 0 Å². The summed E-state index contributed by atoms with van der Waals surface area (Å²) in [5, 5.41) is 5.26. The van der Waals surface area contributed by atoms with Crippen molar-refractivity contribution in [3.63, 3.8) is 0 Å². The normalized spacial score (nSPS) is 17.3. The van der Waals surface area contributed by atoms with Gasteiger partial charge in [-0.15, -0.1) is 0 Å². The number of anilines is 6. The third kappa shape index (κ3) is 10.9. The molecular weight excluding hydrogens is 989 g/mol. The lowest BCUT2D eigenvalue weighted by Gasteiger charge is -2.35. The van der Waals surface area contributed by atoms with E-state index in [0.717, 1.165) is 0 Å². The minimum absolute atomic E-state index is 0.161. The Morgan fingerprint density at radius 1 is 0.256 bits per heavy atom. The molecule has 2 heteroatoms. The van der Waals surface area contributed by atoms with Crippen LogP contribution in [0.2, 0.25) is 0 Å². The summed E-state index contributed by atoms with van der Waals surface area (Å²) in [6.45, 7) is 9.51. The molecule has 0 saturated heterocycles. The van der Waals surface area contributed by atoms with Crippen LogP contribution in [0.5, 0.6) is 0 Å². The summed E-state index contributed by atoms with van der Waals surface area (Å²) in [5.41, 5.74) is 18.3. The maximum atomic E-state index is 2.67. The number of rotatable bonds is 14. The highest BCUT2D eigenvalue weighted by molar-refractivity contribution is 6.23. The average molecular weight is 1080 g/mol. The maximum absolute atomic E-state index is 2.67. The van der Waals surface area contributed by atoms with Crippen molar-refractivity contribution in [2.45, 2.75) is 191 Å². The zero-order valence-electron chi connectivity index (χ0n) is 49.8. The van der Waals surface area contributed by atoms with Crippen LogP contribution in [0.4, 0.5) is 34.1 Å². The minimum Gasteiger partial charge on any atom is -0.309 e. The summed E-state index contributed by atoms with van der Waals surface area (Å²) < 4.78 is 0. The van der Waals surface area contributed by atoms with E-state index >= 15 is 0 Å². The van der Waals surface area contributed by atoms with Crippen molar-refractivity contribution in [1.29, 1.82) is 0 Å². The van der Waals surface area contributed by atoms with Crippen LogP contribution in [0, 0.1) is 0 Å². The van der Waals surface area contributed by atoms with E-state index in [9.17, 15) is 0 Å². The van der Waals surface area contributed by atoms with Crippen LogP contribution < -0.4 is 9.80 Å². The van der Waals surface area contributed by atoms with E-state index in [0.29, 0.717) is 23.7 Å². The van der Waals surface area contributed by atoms with Gasteiger partial charge in [0.15, 0.2) is 0 Å². The number of benzene rings is 9. The van der Waals surface area contributed by atoms with Crippen molar-refractivity contribution < 1.29 is 0 Å². The van der Waals surface area contributed by atoms with Crippen molar-refractivity contribution in [2.75, 3.05) is 9.80 Å². The van der Waals surface area contributed by atoms with Gasteiger partial charge in [0, 0.05) is 55.1 Å². The molecule has 9 aromatic carbocycles. The van der Waals surface area contributed by atoms with Gasteiger partial charge < -0.3 is 9.80 Å². The molecule has 13 rings (SSSR count). The quantitative estimate of drug-likeness (QED) is 0.0791.